The van der Waals surface area contributed by atoms with Gasteiger partial charge < -0.3 is 9.84 Å². The monoisotopic (exact) mass is 394 g/mol. The summed E-state index contributed by atoms with van der Waals surface area (Å²) in [5.41, 5.74) is 4.67. The molecule has 0 spiro atoms. The molecule has 3 rings (SSSR count). The summed E-state index contributed by atoms with van der Waals surface area (Å²) >= 11 is 1.56. The Labute approximate surface area is 168 Å². The third-order valence-electron chi connectivity index (χ3n) is 3.70. The standard InChI is InChI=1S/C21H22N4O2S/c1-2-12-27-18-9-8-17(19(26)13-18)14-23-25-20-10-11-22-21(24-20)28-15-16-6-4-3-5-7-16/h3-11,13-14,26H,2,12,15H2,1H3,(H,22,24,25). The number of hydrazone groups is 1. The number of aromatic nitrogens is 2. The molecule has 0 aliphatic carbocycles. The van der Waals surface area contributed by atoms with E-state index in [-0.39, 0.29) is 5.75 Å². The summed E-state index contributed by atoms with van der Waals surface area (Å²) in [6.07, 6.45) is 4.14. The van der Waals surface area contributed by atoms with Gasteiger partial charge in [-0.05, 0) is 24.1 Å². The quantitative estimate of drug-likeness (QED) is 0.237. The number of rotatable bonds is 9. The number of phenols is 1. The van der Waals surface area contributed by atoms with Crippen molar-refractivity contribution in [2.45, 2.75) is 24.3 Å². The lowest BCUT2D eigenvalue weighted by atomic mass is 10.2. The lowest BCUT2D eigenvalue weighted by Gasteiger charge is -2.06. The zero-order valence-corrected chi connectivity index (χ0v) is 16.4. The van der Waals surface area contributed by atoms with Crippen LogP contribution in [0.1, 0.15) is 24.5 Å². The third-order valence-corrected chi connectivity index (χ3v) is 4.63. The number of hydrogen-bond donors (Lipinski definition) is 2. The average molecular weight is 395 g/mol. The fourth-order valence-electron chi connectivity index (χ4n) is 2.31. The summed E-state index contributed by atoms with van der Waals surface area (Å²) < 4.78 is 5.49. The number of benzene rings is 2. The number of hydrogen-bond acceptors (Lipinski definition) is 7. The van der Waals surface area contributed by atoms with Gasteiger partial charge in [0.15, 0.2) is 11.0 Å². The van der Waals surface area contributed by atoms with E-state index in [1.165, 1.54) is 11.8 Å². The largest absolute Gasteiger partial charge is 0.507 e. The van der Waals surface area contributed by atoms with Gasteiger partial charge in [-0.1, -0.05) is 49.0 Å². The van der Waals surface area contributed by atoms with Crippen LogP contribution in [-0.4, -0.2) is 27.9 Å². The van der Waals surface area contributed by atoms with E-state index < -0.39 is 0 Å². The summed E-state index contributed by atoms with van der Waals surface area (Å²) in [7, 11) is 0. The molecule has 0 bridgehead atoms. The molecule has 0 unspecified atom stereocenters. The van der Waals surface area contributed by atoms with Gasteiger partial charge in [0, 0.05) is 29.6 Å². The van der Waals surface area contributed by atoms with Crippen molar-refractivity contribution in [1.82, 2.24) is 9.97 Å². The molecule has 1 heterocycles. The summed E-state index contributed by atoms with van der Waals surface area (Å²) in [5.74, 6) is 2.14. The van der Waals surface area contributed by atoms with Gasteiger partial charge in [0.05, 0.1) is 12.8 Å². The summed E-state index contributed by atoms with van der Waals surface area (Å²) in [6.45, 7) is 2.65. The second-order valence-corrected chi connectivity index (χ2v) is 6.88. The molecule has 0 aliphatic heterocycles. The van der Waals surface area contributed by atoms with Crippen LogP contribution in [0.4, 0.5) is 5.82 Å². The highest BCUT2D eigenvalue weighted by Gasteiger charge is 2.03. The van der Waals surface area contributed by atoms with Crippen molar-refractivity contribution in [2.24, 2.45) is 5.10 Å². The van der Waals surface area contributed by atoms with E-state index in [1.54, 1.807) is 42.2 Å². The zero-order chi connectivity index (χ0) is 19.6. The number of phenolic OH excluding ortho intramolecular Hbond substituents is 1. The molecule has 2 aromatic carbocycles. The van der Waals surface area contributed by atoms with E-state index in [0.29, 0.717) is 28.9 Å². The first kappa shape index (κ1) is 19.7. The van der Waals surface area contributed by atoms with Crippen LogP contribution in [0, 0.1) is 0 Å². The van der Waals surface area contributed by atoms with Crippen molar-refractivity contribution < 1.29 is 9.84 Å². The molecular weight excluding hydrogens is 372 g/mol. The van der Waals surface area contributed by atoms with Gasteiger partial charge in [-0.3, -0.25) is 5.43 Å². The maximum absolute atomic E-state index is 10.1. The van der Waals surface area contributed by atoms with E-state index in [1.807, 2.05) is 25.1 Å². The fraction of sp³-hybridized carbons (Fsp3) is 0.190. The molecule has 0 radical (unpaired) electrons. The Bertz CT molecular complexity index is 919. The molecule has 2 N–H and O–H groups in total. The molecule has 0 fully saturated rings. The van der Waals surface area contributed by atoms with Crippen LogP contribution in [0.15, 0.2) is 71.1 Å². The maximum atomic E-state index is 10.1. The lowest BCUT2D eigenvalue weighted by Crippen LogP contribution is -1.97. The van der Waals surface area contributed by atoms with Crippen LogP contribution in [0.5, 0.6) is 11.5 Å². The van der Waals surface area contributed by atoms with E-state index >= 15 is 0 Å². The summed E-state index contributed by atoms with van der Waals surface area (Å²) in [4.78, 5) is 8.71. The van der Waals surface area contributed by atoms with Crippen LogP contribution < -0.4 is 10.2 Å². The fourth-order valence-corrected chi connectivity index (χ4v) is 3.09. The van der Waals surface area contributed by atoms with Crippen molar-refractivity contribution in [3.63, 3.8) is 0 Å². The SMILES string of the molecule is CCCOc1ccc(C=NNc2ccnc(SCc3ccccc3)n2)c(O)c1. The van der Waals surface area contributed by atoms with Gasteiger partial charge >= 0.3 is 0 Å². The van der Waals surface area contributed by atoms with Gasteiger partial charge in [0.25, 0.3) is 0 Å². The van der Waals surface area contributed by atoms with Crippen molar-refractivity contribution >= 4 is 23.8 Å². The van der Waals surface area contributed by atoms with Crippen LogP contribution in [-0.2, 0) is 5.75 Å². The Morgan fingerprint density at radius 3 is 2.82 bits per heavy atom. The molecular formula is C21H22N4O2S. The maximum Gasteiger partial charge on any atom is 0.189 e. The van der Waals surface area contributed by atoms with E-state index in [4.69, 9.17) is 4.74 Å². The highest BCUT2D eigenvalue weighted by Crippen LogP contribution is 2.23. The third kappa shape index (κ3) is 5.99. The van der Waals surface area contributed by atoms with Crippen LogP contribution in [0.2, 0.25) is 0 Å². The molecule has 0 amide bonds. The Hall–Kier alpha value is -3.06. The van der Waals surface area contributed by atoms with Crippen molar-refractivity contribution in [3.8, 4) is 11.5 Å². The molecule has 0 saturated carbocycles. The van der Waals surface area contributed by atoms with Gasteiger partial charge in [0.2, 0.25) is 0 Å². The lowest BCUT2D eigenvalue weighted by molar-refractivity contribution is 0.315. The topological polar surface area (TPSA) is 79.6 Å². The Kier molecular flexibility index (Phi) is 7.26. The summed E-state index contributed by atoms with van der Waals surface area (Å²) in [6, 6.07) is 17.1. The molecule has 28 heavy (non-hydrogen) atoms. The highest BCUT2D eigenvalue weighted by atomic mass is 32.2. The molecule has 7 heteroatoms. The van der Waals surface area contributed by atoms with Crippen molar-refractivity contribution in [3.05, 3.63) is 71.9 Å². The minimum absolute atomic E-state index is 0.112. The number of anilines is 1. The predicted octanol–water partition coefficient (Wildman–Crippen LogP) is 4.71. The first-order valence-corrected chi connectivity index (χ1v) is 9.98. The molecule has 1 aromatic heterocycles. The Morgan fingerprint density at radius 2 is 2.04 bits per heavy atom. The number of nitrogens with zero attached hydrogens (tertiary/aromatic N) is 3. The molecule has 0 aliphatic rings. The van der Waals surface area contributed by atoms with Gasteiger partial charge in [0.1, 0.15) is 11.5 Å². The molecule has 0 saturated heterocycles. The van der Waals surface area contributed by atoms with E-state index in [0.717, 1.165) is 12.2 Å². The summed E-state index contributed by atoms with van der Waals surface area (Å²) in [5, 5.41) is 14.9. The van der Waals surface area contributed by atoms with Gasteiger partial charge in [-0.25, -0.2) is 9.97 Å². The number of aromatic hydroxyl groups is 1. The minimum Gasteiger partial charge on any atom is -0.507 e. The molecule has 6 nitrogen and oxygen atoms in total. The van der Waals surface area contributed by atoms with Crippen LogP contribution in [0.3, 0.4) is 0 Å². The number of ether oxygens (including phenoxy) is 1. The molecule has 144 valence electrons. The smallest absolute Gasteiger partial charge is 0.189 e. The first-order chi connectivity index (χ1) is 13.7. The highest BCUT2D eigenvalue weighted by molar-refractivity contribution is 7.98. The normalized spacial score (nSPS) is 10.9. The number of thioether (sulfide) groups is 1. The first-order valence-electron chi connectivity index (χ1n) is 8.99. The Balaban J connectivity index is 1.57. The van der Waals surface area contributed by atoms with E-state index in [9.17, 15) is 5.11 Å². The zero-order valence-electron chi connectivity index (χ0n) is 15.6. The van der Waals surface area contributed by atoms with Crippen molar-refractivity contribution in [2.75, 3.05) is 12.0 Å². The predicted molar refractivity (Wildman–Crippen MR) is 113 cm³/mol. The molecule has 0 atom stereocenters. The van der Waals surface area contributed by atoms with Gasteiger partial charge in [-0.2, -0.15) is 5.10 Å². The minimum atomic E-state index is 0.112. The van der Waals surface area contributed by atoms with Crippen molar-refractivity contribution in [1.29, 1.82) is 0 Å². The average Bonchev–Trinajstić information content (AvgIpc) is 2.73. The van der Waals surface area contributed by atoms with Crippen LogP contribution >= 0.6 is 11.8 Å². The second-order valence-electron chi connectivity index (χ2n) is 5.94. The van der Waals surface area contributed by atoms with Crippen LogP contribution in [0.25, 0.3) is 0 Å². The van der Waals surface area contributed by atoms with Gasteiger partial charge in [-0.15, -0.1) is 0 Å². The molecule has 3 aromatic rings. The second kappa shape index (κ2) is 10.3. The number of nitrogens with one attached hydrogen (secondary N) is 1. The van der Waals surface area contributed by atoms with E-state index in [2.05, 4.69) is 32.6 Å². The Morgan fingerprint density at radius 1 is 1.18 bits per heavy atom.